The zero-order valence-corrected chi connectivity index (χ0v) is 13.7. The van der Waals surface area contributed by atoms with Crippen LogP contribution in [0.5, 0.6) is 5.95 Å². The van der Waals surface area contributed by atoms with Gasteiger partial charge in [-0.2, -0.15) is 0 Å². The first-order chi connectivity index (χ1) is 7.97. The Balaban J connectivity index is 2.43. The Hall–Kier alpha value is -0.691. The van der Waals surface area contributed by atoms with Crippen LogP contribution in [0.4, 0.5) is 0 Å². The summed E-state index contributed by atoms with van der Waals surface area (Å²) < 4.78 is 6.36. The number of nitrogens with zero attached hydrogens (tertiary/aromatic N) is 2. The van der Waals surface area contributed by atoms with Gasteiger partial charge in [0.05, 0.1) is 0 Å². The van der Waals surface area contributed by atoms with Crippen molar-refractivity contribution >= 4 is 25.9 Å². The van der Waals surface area contributed by atoms with Gasteiger partial charge in [-0.25, -0.2) is 0 Å². The van der Waals surface area contributed by atoms with Crippen LogP contribution in [0.3, 0.4) is 0 Å². The van der Waals surface area contributed by atoms with E-state index in [1.54, 1.807) is 13.6 Å². The molecule has 2 rings (SSSR count). The topological polar surface area (TPSA) is 53.0 Å². The first-order valence-electron chi connectivity index (χ1n) is 5.31. The van der Waals surface area contributed by atoms with Crippen LogP contribution in [0, 0.1) is 0 Å². The Kier molecular flexibility index (Phi) is 3.67. The van der Waals surface area contributed by atoms with Crippen molar-refractivity contribution in [3.8, 4) is 11.6 Å². The fraction of sp³-hybridized carbons (Fsp3) is 0.273. The van der Waals surface area contributed by atoms with Crippen LogP contribution < -0.4 is 9.79 Å². The predicted molar refractivity (Wildman–Crippen MR) is 66.7 cm³/mol. The van der Waals surface area contributed by atoms with Crippen LogP contribution in [0.2, 0.25) is 14.8 Å². The fourth-order valence-corrected chi connectivity index (χ4v) is 8.70. The molecular formula is C11H14N2O2SSn. The molecule has 0 amide bonds. The zero-order chi connectivity index (χ0) is 12.5. The zero-order valence-electron chi connectivity index (χ0n) is 10.0. The molecule has 90 valence electrons. The SMILES string of the molecule is [CH3][Sn]([CH3])([CH3])[S]c1c([O-])on[n+]1-c1ccccc1. The summed E-state index contributed by atoms with van der Waals surface area (Å²) in [5, 5.41) is 16.1. The molecule has 0 fully saturated rings. The van der Waals surface area contributed by atoms with Gasteiger partial charge >= 0.3 is 107 Å². The molecule has 0 spiro atoms. The van der Waals surface area contributed by atoms with Crippen LogP contribution >= 0.6 is 8.95 Å². The van der Waals surface area contributed by atoms with Gasteiger partial charge in [-0.3, -0.25) is 0 Å². The molecule has 0 saturated carbocycles. The number of benzene rings is 1. The van der Waals surface area contributed by atoms with E-state index in [2.05, 4.69) is 20.1 Å². The molecule has 0 N–H and O–H groups in total. The normalized spacial score (nSPS) is 11.7. The molecule has 0 saturated heterocycles. The molecule has 0 aliphatic rings. The van der Waals surface area contributed by atoms with Crippen molar-refractivity contribution in [2.45, 2.75) is 19.8 Å². The summed E-state index contributed by atoms with van der Waals surface area (Å²) in [7, 11) is 1.66. The van der Waals surface area contributed by atoms with Crippen LogP contribution in [-0.4, -0.2) is 22.3 Å². The van der Waals surface area contributed by atoms with E-state index in [0.29, 0.717) is 5.03 Å². The van der Waals surface area contributed by atoms with Gasteiger partial charge in [-0.1, -0.05) is 0 Å². The second-order valence-electron chi connectivity index (χ2n) is 4.63. The molecule has 1 aromatic carbocycles. The van der Waals surface area contributed by atoms with E-state index in [-0.39, 0.29) is 5.95 Å². The van der Waals surface area contributed by atoms with Gasteiger partial charge in [-0.05, 0) is 0 Å². The van der Waals surface area contributed by atoms with Crippen molar-refractivity contribution in [2.24, 2.45) is 0 Å². The molecule has 0 aliphatic carbocycles. The molecule has 17 heavy (non-hydrogen) atoms. The molecule has 0 unspecified atom stereocenters. The predicted octanol–water partition coefficient (Wildman–Crippen LogP) is 1.95. The molecule has 0 atom stereocenters. The molecule has 0 radical (unpaired) electrons. The third kappa shape index (κ3) is 3.16. The van der Waals surface area contributed by atoms with E-state index in [4.69, 9.17) is 4.52 Å². The third-order valence-electron chi connectivity index (χ3n) is 1.98. The molecule has 2 aromatic rings. The number of para-hydroxylation sites is 1. The Morgan fingerprint density at radius 2 is 1.88 bits per heavy atom. The van der Waals surface area contributed by atoms with Crippen LogP contribution in [0.25, 0.3) is 5.69 Å². The summed E-state index contributed by atoms with van der Waals surface area (Å²) in [5.74, 6) is -0.342. The molecule has 0 aliphatic heterocycles. The van der Waals surface area contributed by atoms with E-state index >= 15 is 0 Å². The minimum absolute atomic E-state index is 0.342. The molecule has 1 aromatic heterocycles. The minimum atomic E-state index is -2.18. The summed E-state index contributed by atoms with van der Waals surface area (Å²) in [4.78, 5) is 6.75. The average molecular weight is 357 g/mol. The van der Waals surface area contributed by atoms with Gasteiger partial charge in [-0.15, -0.1) is 0 Å². The summed E-state index contributed by atoms with van der Waals surface area (Å²) in [5.41, 5.74) is 0.858. The third-order valence-corrected chi connectivity index (χ3v) is 10.0. The van der Waals surface area contributed by atoms with Gasteiger partial charge in [0, 0.05) is 0 Å². The quantitative estimate of drug-likeness (QED) is 0.623. The number of aromatic nitrogens is 2. The first-order valence-corrected chi connectivity index (χ1v) is 18.2. The van der Waals surface area contributed by atoms with Gasteiger partial charge in [0.2, 0.25) is 0 Å². The Morgan fingerprint density at radius 3 is 2.47 bits per heavy atom. The maximum atomic E-state index is 11.7. The fourth-order valence-electron chi connectivity index (χ4n) is 1.35. The summed E-state index contributed by atoms with van der Waals surface area (Å²) in [6.45, 7) is 0. The standard InChI is InChI=1S/C8H5N2O2S.3CH3.Sn/c11-8-7(13)10(9-12-8)6-4-2-1-3-5-6;;;;/h1-5H;3*1H3;/q-1;;;;+1. The second kappa shape index (κ2) is 4.89. The van der Waals surface area contributed by atoms with Crippen LogP contribution in [-0.2, 0) is 0 Å². The molecule has 6 heteroatoms. The summed E-state index contributed by atoms with van der Waals surface area (Å²) in [6.07, 6.45) is 0. The number of hydrogen-bond donors (Lipinski definition) is 0. The van der Waals surface area contributed by atoms with Crippen molar-refractivity contribution < 1.29 is 14.3 Å². The monoisotopic (exact) mass is 358 g/mol. The molecule has 1 heterocycles. The number of rotatable bonds is 3. The number of hydrogen-bond acceptors (Lipinski definition) is 4. The van der Waals surface area contributed by atoms with Crippen molar-refractivity contribution in [1.82, 2.24) is 5.27 Å². The van der Waals surface area contributed by atoms with Crippen molar-refractivity contribution in [2.75, 3.05) is 0 Å². The maximum absolute atomic E-state index is 11.7. The van der Waals surface area contributed by atoms with Crippen molar-refractivity contribution in [3.63, 3.8) is 0 Å². The average Bonchev–Trinajstić information content (AvgIpc) is 2.60. The van der Waals surface area contributed by atoms with Gasteiger partial charge in [0.25, 0.3) is 0 Å². The van der Waals surface area contributed by atoms with Crippen LogP contribution in [0.15, 0.2) is 39.9 Å². The first kappa shape index (κ1) is 12.8. The van der Waals surface area contributed by atoms with Gasteiger partial charge in [0.1, 0.15) is 0 Å². The Labute approximate surface area is 107 Å². The van der Waals surface area contributed by atoms with Crippen molar-refractivity contribution in [3.05, 3.63) is 30.3 Å². The summed E-state index contributed by atoms with van der Waals surface area (Å²) in [6, 6.07) is 9.57. The molecular weight excluding hydrogens is 343 g/mol. The Morgan fingerprint density at radius 1 is 1.24 bits per heavy atom. The van der Waals surface area contributed by atoms with E-state index < -0.39 is 17.0 Å². The van der Waals surface area contributed by atoms with Gasteiger partial charge < -0.3 is 0 Å². The summed E-state index contributed by atoms with van der Waals surface area (Å²) >= 11 is -2.18. The van der Waals surface area contributed by atoms with Crippen LogP contribution in [0.1, 0.15) is 0 Å². The Bertz CT molecular complexity index is 508. The van der Waals surface area contributed by atoms with E-state index in [1.807, 2.05) is 30.3 Å². The molecule has 4 nitrogen and oxygen atoms in total. The molecule has 0 bridgehead atoms. The van der Waals surface area contributed by atoms with E-state index in [0.717, 1.165) is 5.69 Å². The van der Waals surface area contributed by atoms with Gasteiger partial charge in [0.15, 0.2) is 0 Å². The van der Waals surface area contributed by atoms with E-state index in [9.17, 15) is 5.11 Å². The van der Waals surface area contributed by atoms with Crippen molar-refractivity contribution in [1.29, 1.82) is 0 Å². The van der Waals surface area contributed by atoms with E-state index in [1.165, 1.54) is 0 Å². The second-order valence-corrected chi connectivity index (χ2v) is 27.2.